The highest BCUT2D eigenvalue weighted by Crippen LogP contribution is 2.36. The molecule has 1 fully saturated rings. The van der Waals surface area contributed by atoms with Crippen LogP contribution in [0.4, 0.5) is 9.18 Å². The first-order valence-electron chi connectivity index (χ1n) is 10.4. The van der Waals surface area contributed by atoms with E-state index >= 15 is 0 Å². The van der Waals surface area contributed by atoms with Gasteiger partial charge in [0.15, 0.2) is 0 Å². The fraction of sp³-hybridized carbons (Fsp3) is 0.333. The number of hydrogen-bond donors (Lipinski definition) is 2. The number of fused-ring (bicyclic) bond motifs is 1. The maximum Gasteiger partial charge on any atom is 0.315 e. The average Bonchev–Trinajstić information content (AvgIpc) is 2.74. The van der Waals surface area contributed by atoms with Gasteiger partial charge in [0.05, 0.1) is 11.6 Å². The van der Waals surface area contributed by atoms with Crippen LogP contribution in [0.25, 0.3) is 10.9 Å². The second kappa shape index (κ2) is 9.00. The Balaban J connectivity index is 1.33. The lowest BCUT2D eigenvalue weighted by Crippen LogP contribution is -2.44. The van der Waals surface area contributed by atoms with Gasteiger partial charge in [0.25, 0.3) is 0 Å². The number of nitrogens with zero attached hydrogens (tertiary/aromatic N) is 1. The normalized spacial score (nSPS) is 20.0. The number of carbonyl (C=O) groups is 1. The van der Waals surface area contributed by atoms with Crippen LogP contribution in [-0.2, 0) is 0 Å². The van der Waals surface area contributed by atoms with E-state index in [4.69, 9.17) is 11.6 Å². The molecular weight excluding hydrogens is 401 g/mol. The number of amides is 2. The second-order valence-electron chi connectivity index (χ2n) is 8.00. The van der Waals surface area contributed by atoms with Crippen LogP contribution in [-0.4, -0.2) is 17.1 Å². The SMILES string of the molecule is C[C@H](NC(=O)N[C@H]1CC[C@H](c2ccnc3ccc(F)cc32)CC1)c1ccc(Cl)cc1. The summed E-state index contributed by atoms with van der Waals surface area (Å²) in [6.07, 6.45) is 5.49. The summed E-state index contributed by atoms with van der Waals surface area (Å²) in [5.74, 6) is 0.116. The molecule has 0 aliphatic heterocycles. The second-order valence-corrected chi connectivity index (χ2v) is 8.44. The monoisotopic (exact) mass is 425 g/mol. The summed E-state index contributed by atoms with van der Waals surface area (Å²) < 4.78 is 13.7. The molecule has 156 valence electrons. The molecule has 1 saturated carbocycles. The Morgan fingerprint density at radius 3 is 2.57 bits per heavy atom. The van der Waals surface area contributed by atoms with Crippen molar-refractivity contribution in [3.63, 3.8) is 0 Å². The van der Waals surface area contributed by atoms with Gasteiger partial charge in [-0.25, -0.2) is 9.18 Å². The molecule has 0 unspecified atom stereocenters. The minimum absolute atomic E-state index is 0.100. The van der Waals surface area contributed by atoms with E-state index in [1.807, 2.05) is 37.3 Å². The van der Waals surface area contributed by atoms with Crippen molar-refractivity contribution in [1.29, 1.82) is 0 Å². The maximum atomic E-state index is 13.7. The van der Waals surface area contributed by atoms with Crippen molar-refractivity contribution in [2.45, 2.75) is 50.6 Å². The molecule has 0 spiro atoms. The molecule has 6 heteroatoms. The van der Waals surface area contributed by atoms with Crippen molar-refractivity contribution in [2.24, 2.45) is 0 Å². The Hall–Kier alpha value is -2.66. The quantitative estimate of drug-likeness (QED) is 0.529. The van der Waals surface area contributed by atoms with E-state index in [1.165, 1.54) is 6.07 Å². The van der Waals surface area contributed by atoms with Crippen LogP contribution in [0.15, 0.2) is 54.7 Å². The minimum atomic E-state index is -0.237. The summed E-state index contributed by atoms with van der Waals surface area (Å²) in [6.45, 7) is 1.95. The summed E-state index contributed by atoms with van der Waals surface area (Å²) in [7, 11) is 0. The van der Waals surface area contributed by atoms with E-state index in [0.717, 1.165) is 47.7 Å². The molecule has 1 heterocycles. The number of aromatic nitrogens is 1. The third kappa shape index (κ3) is 4.73. The van der Waals surface area contributed by atoms with E-state index in [2.05, 4.69) is 15.6 Å². The molecule has 4 nitrogen and oxygen atoms in total. The fourth-order valence-corrected chi connectivity index (χ4v) is 4.43. The summed E-state index contributed by atoms with van der Waals surface area (Å²) in [6, 6.07) is 14.1. The first-order chi connectivity index (χ1) is 14.5. The van der Waals surface area contributed by atoms with Crippen LogP contribution in [0.3, 0.4) is 0 Å². The fourth-order valence-electron chi connectivity index (χ4n) is 4.30. The number of nitrogens with one attached hydrogen (secondary N) is 2. The Morgan fingerprint density at radius 2 is 1.83 bits per heavy atom. The molecule has 30 heavy (non-hydrogen) atoms. The predicted molar refractivity (Wildman–Crippen MR) is 118 cm³/mol. The summed E-state index contributed by atoms with van der Waals surface area (Å²) in [4.78, 5) is 16.8. The highest BCUT2D eigenvalue weighted by Gasteiger charge is 2.25. The molecule has 2 N–H and O–H groups in total. The van der Waals surface area contributed by atoms with Gasteiger partial charge in [0.1, 0.15) is 5.82 Å². The van der Waals surface area contributed by atoms with E-state index in [1.54, 1.807) is 18.3 Å². The smallest absolute Gasteiger partial charge is 0.315 e. The van der Waals surface area contributed by atoms with Crippen molar-refractivity contribution < 1.29 is 9.18 Å². The van der Waals surface area contributed by atoms with E-state index in [9.17, 15) is 9.18 Å². The van der Waals surface area contributed by atoms with Gasteiger partial charge in [-0.05, 0) is 86.1 Å². The molecule has 1 aliphatic rings. The van der Waals surface area contributed by atoms with Gasteiger partial charge < -0.3 is 10.6 Å². The highest BCUT2D eigenvalue weighted by atomic mass is 35.5. The van der Waals surface area contributed by atoms with Gasteiger partial charge in [-0.2, -0.15) is 0 Å². The molecule has 4 rings (SSSR count). The van der Waals surface area contributed by atoms with Gasteiger partial charge >= 0.3 is 6.03 Å². The van der Waals surface area contributed by atoms with Crippen LogP contribution in [0.5, 0.6) is 0 Å². The van der Waals surface area contributed by atoms with Crippen LogP contribution >= 0.6 is 11.6 Å². The number of halogens is 2. The molecule has 0 bridgehead atoms. The molecule has 0 radical (unpaired) electrons. The molecule has 1 aromatic heterocycles. The summed E-state index contributed by atoms with van der Waals surface area (Å²) >= 11 is 5.93. The molecule has 3 aromatic rings. The van der Waals surface area contributed by atoms with Crippen molar-refractivity contribution >= 4 is 28.5 Å². The largest absolute Gasteiger partial charge is 0.335 e. The molecule has 2 amide bonds. The molecule has 1 aliphatic carbocycles. The number of urea groups is 1. The standard InChI is InChI=1S/C24H25ClFN3O/c1-15(16-2-6-18(25)7-3-16)28-24(30)29-20-9-4-17(5-10-20)21-12-13-27-23-11-8-19(26)14-22(21)23/h2-3,6-8,11-15,17,20H,4-5,9-10H2,1H3,(H2,28,29,30)/t15-,17-,20-/m0/s1. The van der Waals surface area contributed by atoms with E-state index in [-0.39, 0.29) is 23.9 Å². The number of rotatable bonds is 4. The van der Waals surface area contributed by atoms with Crippen LogP contribution in [0.1, 0.15) is 55.7 Å². The number of hydrogen-bond acceptors (Lipinski definition) is 2. The van der Waals surface area contributed by atoms with E-state index < -0.39 is 0 Å². The molecule has 1 atom stereocenters. The zero-order chi connectivity index (χ0) is 21.1. The van der Waals surface area contributed by atoms with Gasteiger partial charge in [-0.1, -0.05) is 23.7 Å². The topological polar surface area (TPSA) is 54.0 Å². The van der Waals surface area contributed by atoms with Crippen molar-refractivity contribution in [1.82, 2.24) is 15.6 Å². The highest BCUT2D eigenvalue weighted by molar-refractivity contribution is 6.30. The van der Waals surface area contributed by atoms with Gasteiger partial charge in [-0.3, -0.25) is 4.98 Å². The van der Waals surface area contributed by atoms with Crippen LogP contribution in [0.2, 0.25) is 5.02 Å². The first kappa shape index (κ1) is 20.6. The lowest BCUT2D eigenvalue weighted by Gasteiger charge is -2.30. The van der Waals surface area contributed by atoms with Crippen molar-refractivity contribution in [3.8, 4) is 0 Å². The molecular formula is C24H25ClFN3O. The Labute approximate surface area is 180 Å². The Bertz CT molecular complexity index is 1030. The Kier molecular flexibility index (Phi) is 6.18. The zero-order valence-corrected chi connectivity index (χ0v) is 17.6. The number of carbonyl (C=O) groups excluding carboxylic acids is 1. The Morgan fingerprint density at radius 1 is 1.10 bits per heavy atom. The first-order valence-corrected chi connectivity index (χ1v) is 10.7. The van der Waals surface area contributed by atoms with Crippen LogP contribution in [0, 0.1) is 5.82 Å². The summed E-state index contributed by atoms with van der Waals surface area (Å²) in [5.41, 5.74) is 2.98. The van der Waals surface area contributed by atoms with Gasteiger partial charge in [0.2, 0.25) is 0 Å². The van der Waals surface area contributed by atoms with E-state index in [0.29, 0.717) is 10.9 Å². The molecule has 2 aromatic carbocycles. The predicted octanol–water partition coefficient (Wildman–Crippen LogP) is 6.11. The summed E-state index contributed by atoms with van der Waals surface area (Å²) in [5, 5.41) is 7.66. The molecule has 0 saturated heterocycles. The van der Waals surface area contributed by atoms with Crippen LogP contribution < -0.4 is 10.6 Å². The van der Waals surface area contributed by atoms with Crippen molar-refractivity contribution in [2.75, 3.05) is 0 Å². The minimum Gasteiger partial charge on any atom is -0.335 e. The number of benzene rings is 2. The van der Waals surface area contributed by atoms with Gasteiger partial charge in [0, 0.05) is 22.6 Å². The third-order valence-corrected chi connectivity index (χ3v) is 6.21. The average molecular weight is 426 g/mol. The lowest BCUT2D eigenvalue weighted by molar-refractivity contribution is 0.228. The zero-order valence-electron chi connectivity index (χ0n) is 16.9. The third-order valence-electron chi connectivity index (χ3n) is 5.96. The maximum absolute atomic E-state index is 13.7. The van der Waals surface area contributed by atoms with Gasteiger partial charge in [-0.15, -0.1) is 0 Å². The van der Waals surface area contributed by atoms with Crippen molar-refractivity contribution in [3.05, 3.63) is 76.7 Å². The number of pyridine rings is 1. The lowest BCUT2D eigenvalue weighted by atomic mass is 9.80.